The van der Waals surface area contributed by atoms with Gasteiger partial charge in [0.05, 0.1) is 9.92 Å². The maximum absolute atomic E-state index is 6.73. The SMILES string of the molecule is Nc1nccc(Sc2cnc(N3CCC4(CC3)CN(c3ccccc3)C[C@H]4N)n3ccnc23)c1Cl. The quantitative estimate of drug-likeness (QED) is 0.429. The number of halogens is 1. The summed E-state index contributed by atoms with van der Waals surface area (Å²) in [6.07, 6.45) is 9.38. The maximum Gasteiger partial charge on any atom is 0.211 e. The van der Waals surface area contributed by atoms with Crippen LogP contribution in [0.4, 0.5) is 17.5 Å². The highest BCUT2D eigenvalue weighted by atomic mass is 35.5. The van der Waals surface area contributed by atoms with Gasteiger partial charge in [0.25, 0.3) is 0 Å². The van der Waals surface area contributed by atoms with Crippen molar-refractivity contribution in [1.29, 1.82) is 0 Å². The number of hydrogen-bond acceptors (Lipinski definition) is 8. The van der Waals surface area contributed by atoms with Gasteiger partial charge in [-0.3, -0.25) is 4.40 Å². The van der Waals surface area contributed by atoms with Gasteiger partial charge >= 0.3 is 0 Å². The molecule has 4 N–H and O–H groups in total. The van der Waals surface area contributed by atoms with Gasteiger partial charge < -0.3 is 21.3 Å². The minimum atomic E-state index is 0.133. The Bertz CT molecular complexity index is 1350. The molecule has 3 aromatic heterocycles. The molecule has 0 amide bonds. The minimum absolute atomic E-state index is 0.133. The first-order chi connectivity index (χ1) is 17.0. The molecule has 1 aromatic carbocycles. The van der Waals surface area contributed by atoms with Crippen LogP contribution in [0.3, 0.4) is 0 Å². The van der Waals surface area contributed by atoms with E-state index in [-0.39, 0.29) is 11.5 Å². The third-order valence-corrected chi connectivity index (χ3v) is 8.92. The molecule has 0 bridgehead atoms. The molecular formula is C25H27ClN8S. The number of nitrogens with zero attached hydrogens (tertiary/aromatic N) is 6. The molecular weight excluding hydrogens is 480 g/mol. The third-order valence-electron chi connectivity index (χ3n) is 7.35. The smallest absolute Gasteiger partial charge is 0.211 e. The average molecular weight is 507 g/mol. The fraction of sp³-hybridized carbons (Fsp3) is 0.320. The first kappa shape index (κ1) is 22.5. The molecule has 0 aliphatic carbocycles. The number of anilines is 3. The Kier molecular flexibility index (Phi) is 5.70. The Morgan fingerprint density at radius 1 is 0.971 bits per heavy atom. The first-order valence-electron chi connectivity index (χ1n) is 11.7. The summed E-state index contributed by atoms with van der Waals surface area (Å²) >= 11 is 7.86. The van der Waals surface area contributed by atoms with E-state index in [4.69, 9.17) is 28.1 Å². The highest BCUT2D eigenvalue weighted by Gasteiger charge is 2.46. The molecule has 6 rings (SSSR count). The molecule has 2 saturated heterocycles. The second-order valence-electron chi connectivity index (χ2n) is 9.33. The van der Waals surface area contributed by atoms with E-state index in [1.807, 2.05) is 24.7 Å². The normalized spacial score (nSPS) is 19.7. The molecule has 0 unspecified atom stereocenters. The predicted octanol–water partition coefficient (Wildman–Crippen LogP) is 3.95. The summed E-state index contributed by atoms with van der Waals surface area (Å²) < 4.78 is 2.06. The molecule has 180 valence electrons. The molecule has 2 aliphatic heterocycles. The van der Waals surface area contributed by atoms with Gasteiger partial charge in [-0.2, -0.15) is 0 Å². The van der Waals surface area contributed by atoms with E-state index < -0.39 is 0 Å². The van der Waals surface area contributed by atoms with Gasteiger partial charge in [-0.15, -0.1) is 0 Å². The Morgan fingerprint density at radius 2 is 1.77 bits per heavy atom. The van der Waals surface area contributed by atoms with Crippen molar-refractivity contribution in [3.05, 3.63) is 66.2 Å². The largest absolute Gasteiger partial charge is 0.382 e. The molecule has 0 radical (unpaired) electrons. The lowest BCUT2D eigenvalue weighted by molar-refractivity contribution is 0.219. The number of imidazole rings is 1. The van der Waals surface area contributed by atoms with E-state index in [1.165, 1.54) is 17.4 Å². The third kappa shape index (κ3) is 3.97. The Hall–Kier alpha value is -3.01. The van der Waals surface area contributed by atoms with Crippen molar-refractivity contribution in [3.8, 4) is 0 Å². The molecule has 35 heavy (non-hydrogen) atoms. The van der Waals surface area contributed by atoms with Crippen molar-refractivity contribution in [2.45, 2.75) is 28.7 Å². The van der Waals surface area contributed by atoms with Crippen molar-refractivity contribution >= 4 is 46.5 Å². The van der Waals surface area contributed by atoms with Gasteiger partial charge in [0.15, 0.2) is 5.65 Å². The number of pyridine rings is 1. The number of hydrogen-bond donors (Lipinski definition) is 2. The lowest BCUT2D eigenvalue weighted by atomic mass is 9.75. The number of nitrogens with two attached hydrogens (primary N) is 2. The number of rotatable bonds is 4. The summed E-state index contributed by atoms with van der Waals surface area (Å²) in [7, 11) is 0. The number of fused-ring (bicyclic) bond motifs is 1. The Labute approximate surface area is 213 Å². The standard InChI is InChI=1S/C25H27ClN8S/c26-21-18(6-9-29-22(21)28)35-19-14-31-24(34-13-10-30-23(19)34)32-11-7-25(8-12-32)16-33(15-20(25)27)17-4-2-1-3-5-17/h1-6,9-10,13-14,20H,7-8,11-12,15-16,27H2,(H2,28,29)/t20-/m1/s1. The molecule has 5 heterocycles. The van der Waals surface area contributed by atoms with Crippen LogP contribution in [0.5, 0.6) is 0 Å². The summed E-state index contributed by atoms with van der Waals surface area (Å²) in [5, 5.41) is 0.449. The van der Waals surface area contributed by atoms with E-state index in [0.29, 0.717) is 10.8 Å². The van der Waals surface area contributed by atoms with Gasteiger partial charge in [-0.1, -0.05) is 41.6 Å². The second-order valence-corrected chi connectivity index (χ2v) is 10.8. The lowest BCUT2D eigenvalue weighted by Gasteiger charge is -2.42. The van der Waals surface area contributed by atoms with Gasteiger partial charge in [-0.05, 0) is 31.0 Å². The van der Waals surface area contributed by atoms with Crippen LogP contribution in [0, 0.1) is 5.41 Å². The van der Waals surface area contributed by atoms with Crippen molar-refractivity contribution in [3.63, 3.8) is 0 Å². The summed E-state index contributed by atoms with van der Waals surface area (Å²) in [4.78, 5) is 20.0. The van der Waals surface area contributed by atoms with Gasteiger partial charge in [-0.25, -0.2) is 15.0 Å². The molecule has 8 nitrogen and oxygen atoms in total. The highest BCUT2D eigenvalue weighted by molar-refractivity contribution is 7.99. The van der Waals surface area contributed by atoms with Crippen LogP contribution in [0.15, 0.2) is 71.0 Å². The van der Waals surface area contributed by atoms with Crippen LogP contribution in [0.1, 0.15) is 12.8 Å². The molecule has 2 aliphatic rings. The number of benzene rings is 1. The lowest BCUT2D eigenvalue weighted by Crippen LogP contribution is -2.49. The van der Waals surface area contributed by atoms with Crippen molar-refractivity contribution < 1.29 is 0 Å². The summed E-state index contributed by atoms with van der Waals surface area (Å²) in [5.41, 5.74) is 14.8. The van der Waals surface area contributed by atoms with Crippen molar-refractivity contribution in [1.82, 2.24) is 19.4 Å². The monoisotopic (exact) mass is 506 g/mol. The molecule has 0 saturated carbocycles. The topological polar surface area (TPSA) is 102 Å². The maximum atomic E-state index is 6.73. The van der Waals surface area contributed by atoms with Crippen LogP contribution >= 0.6 is 23.4 Å². The molecule has 2 fully saturated rings. The molecule has 1 spiro atoms. The second kappa shape index (κ2) is 8.89. The van der Waals surface area contributed by atoms with Crippen LogP contribution < -0.4 is 21.3 Å². The number of piperidine rings is 1. The first-order valence-corrected chi connectivity index (χ1v) is 12.9. The highest BCUT2D eigenvalue weighted by Crippen LogP contribution is 2.42. The fourth-order valence-corrected chi connectivity index (χ4v) is 6.47. The minimum Gasteiger partial charge on any atom is -0.382 e. The van der Waals surface area contributed by atoms with Gasteiger partial charge in [0.2, 0.25) is 5.95 Å². The van der Waals surface area contributed by atoms with Gasteiger partial charge in [0, 0.05) is 73.0 Å². The van der Waals surface area contributed by atoms with Crippen molar-refractivity contribution in [2.24, 2.45) is 11.1 Å². The van der Waals surface area contributed by atoms with E-state index in [2.05, 4.69) is 54.5 Å². The van der Waals surface area contributed by atoms with Gasteiger partial charge in [0.1, 0.15) is 5.82 Å². The zero-order chi connectivity index (χ0) is 24.0. The zero-order valence-electron chi connectivity index (χ0n) is 19.2. The van der Waals surface area contributed by atoms with E-state index in [9.17, 15) is 0 Å². The van der Waals surface area contributed by atoms with E-state index in [0.717, 1.165) is 60.4 Å². The summed E-state index contributed by atoms with van der Waals surface area (Å²) in [6.45, 7) is 3.74. The number of para-hydroxylation sites is 1. The Morgan fingerprint density at radius 3 is 2.57 bits per heavy atom. The van der Waals surface area contributed by atoms with E-state index >= 15 is 0 Å². The Balaban J connectivity index is 1.21. The number of aromatic nitrogens is 4. The van der Waals surface area contributed by atoms with Crippen LogP contribution in [0.25, 0.3) is 5.65 Å². The number of nitrogen functional groups attached to an aromatic ring is 1. The van der Waals surface area contributed by atoms with E-state index in [1.54, 1.807) is 6.20 Å². The van der Waals surface area contributed by atoms with Crippen LogP contribution in [-0.2, 0) is 0 Å². The zero-order valence-corrected chi connectivity index (χ0v) is 20.8. The molecule has 1 atom stereocenters. The van der Waals surface area contributed by atoms with Crippen LogP contribution in [0.2, 0.25) is 5.02 Å². The predicted molar refractivity (Wildman–Crippen MR) is 141 cm³/mol. The fourth-order valence-electron chi connectivity index (χ4n) is 5.34. The van der Waals surface area contributed by atoms with Crippen LogP contribution in [-0.4, -0.2) is 51.6 Å². The molecule has 4 aromatic rings. The van der Waals surface area contributed by atoms with Crippen molar-refractivity contribution in [2.75, 3.05) is 41.7 Å². The molecule has 10 heteroatoms. The average Bonchev–Trinajstić information content (AvgIpc) is 3.49. The summed E-state index contributed by atoms with van der Waals surface area (Å²) in [5.74, 6) is 1.22. The summed E-state index contributed by atoms with van der Waals surface area (Å²) in [6, 6.07) is 12.6.